The first-order valence-electron chi connectivity index (χ1n) is 6.43. The summed E-state index contributed by atoms with van der Waals surface area (Å²) in [5.41, 5.74) is 7.66. The fraction of sp³-hybridized carbons (Fsp3) is 0.571. The Labute approximate surface area is 104 Å². The molecule has 0 aliphatic heterocycles. The number of phenols is 1. The first-order valence-corrected chi connectivity index (χ1v) is 6.43. The molecule has 0 bridgehead atoms. The van der Waals surface area contributed by atoms with Gasteiger partial charge in [0.15, 0.2) is 0 Å². The van der Waals surface area contributed by atoms with E-state index in [9.17, 15) is 5.11 Å². The largest absolute Gasteiger partial charge is 0.508 e. The van der Waals surface area contributed by atoms with Gasteiger partial charge in [0.25, 0.3) is 0 Å². The van der Waals surface area contributed by atoms with Crippen molar-refractivity contribution >= 4 is 5.69 Å². The van der Waals surface area contributed by atoms with E-state index in [0.717, 1.165) is 24.3 Å². The Bertz CT molecular complexity index is 350. The fourth-order valence-electron chi connectivity index (χ4n) is 1.93. The summed E-state index contributed by atoms with van der Waals surface area (Å²) in [6.07, 6.45) is 2.35. The molecule has 3 nitrogen and oxygen atoms in total. The molecule has 3 heteroatoms. The molecule has 1 unspecified atom stereocenters. The number of rotatable bonds is 6. The fourth-order valence-corrected chi connectivity index (χ4v) is 1.93. The van der Waals surface area contributed by atoms with E-state index in [1.807, 2.05) is 25.1 Å². The van der Waals surface area contributed by atoms with Crippen molar-refractivity contribution in [3.05, 3.63) is 23.8 Å². The molecule has 0 heterocycles. The highest BCUT2D eigenvalue weighted by Gasteiger charge is 2.09. The van der Waals surface area contributed by atoms with Gasteiger partial charge in [-0.25, -0.2) is 0 Å². The number of nitrogens with two attached hydrogens (primary N) is 1. The van der Waals surface area contributed by atoms with E-state index in [4.69, 9.17) is 5.73 Å². The van der Waals surface area contributed by atoms with E-state index in [-0.39, 0.29) is 6.04 Å². The molecule has 0 fully saturated rings. The Balaban J connectivity index is 2.86. The topological polar surface area (TPSA) is 49.5 Å². The lowest BCUT2D eigenvalue weighted by Gasteiger charge is -2.24. The SMILES string of the molecule is CCCCN(CC)c1ccc(C(C)N)c(O)c1. The Hall–Kier alpha value is -1.22. The third-order valence-electron chi connectivity index (χ3n) is 3.03. The van der Waals surface area contributed by atoms with Gasteiger partial charge >= 0.3 is 0 Å². The molecule has 0 saturated carbocycles. The van der Waals surface area contributed by atoms with Crippen LogP contribution in [0.15, 0.2) is 18.2 Å². The van der Waals surface area contributed by atoms with E-state index >= 15 is 0 Å². The summed E-state index contributed by atoms with van der Waals surface area (Å²) in [6.45, 7) is 8.18. The molecule has 0 aliphatic rings. The van der Waals surface area contributed by atoms with E-state index in [1.54, 1.807) is 0 Å². The molecule has 17 heavy (non-hydrogen) atoms. The highest BCUT2D eigenvalue weighted by molar-refractivity contribution is 5.53. The maximum Gasteiger partial charge on any atom is 0.122 e. The quantitative estimate of drug-likeness (QED) is 0.798. The van der Waals surface area contributed by atoms with Crippen LogP contribution < -0.4 is 10.6 Å². The smallest absolute Gasteiger partial charge is 0.122 e. The minimum Gasteiger partial charge on any atom is -0.508 e. The van der Waals surface area contributed by atoms with E-state index in [0.29, 0.717) is 5.75 Å². The Morgan fingerprint density at radius 1 is 1.35 bits per heavy atom. The van der Waals surface area contributed by atoms with Crippen LogP contribution in [-0.2, 0) is 0 Å². The lowest BCUT2D eigenvalue weighted by atomic mass is 10.1. The number of anilines is 1. The summed E-state index contributed by atoms with van der Waals surface area (Å²) in [7, 11) is 0. The van der Waals surface area contributed by atoms with E-state index < -0.39 is 0 Å². The van der Waals surface area contributed by atoms with Crippen LogP contribution >= 0.6 is 0 Å². The van der Waals surface area contributed by atoms with Crippen molar-refractivity contribution in [3.63, 3.8) is 0 Å². The van der Waals surface area contributed by atoms with Crippen molar-refractivity contribution in [2.75, 3.05) is 18.0 Å². The molecule has 0 aliphatic carbocycles. The molecule has 96 valence electrons. The Morgan fingerprint density at radius 2 is 2.06 bits per heavy atom. The minimum absolute atomic E-state index is 0.130. The zero-order chi connectivity index (χ0) is 12.8. The summed E-state index contributed by atoms with van der Waals surface area (Å²) in [6, 6.07) is 5.65. The zero-order valence-corrected chi connectivity index (χ0v) is 11.1. The van der Waals surface area contributed by atoms with Gasteiger partial charge in [0.1, 0.15) is 5.75 Å². The Morgan fingerprint density at radius 3 is 2.53 bits per heavy atom. The van der Waals surface area contributed by atoms with Crippen LogP contribution in [0.1, 0.15) is 45.2 Å². The summed E-state index contributed by atoms with van der Waals surface area (Å²) in [4.78, 5) is 2.27. The number of aromatic hydroxyl groups is 1. The highest BCUT2D eigenvalue weighted by atomic mass is 16.3. The molecule has 1 rings (SSSR count). The molecule has 1 aromatic carbocycles. The van der Waals surface area contributed by atoms with Crippen LogP contribution in [0.3, 0.4) is 0 Å². The molecule has 3 N–H and O–H groups in total. The van der Waals surface area contributed by atoms with Crippen LogP contribution in [0.2, 0.25) is 0 Å². The number of hydrogen-bond donors (Lipinski definition) is 2. The van der Waals surface area contributed by atoms with E-state index in [2.05, 4.69) is 18.7 Å². The first kappa shape index (κ1) is 13.8. The standard InChI is InChI=1S/C14H24N2O/c1-4-6-9-16(5-2)12-7-8-13(11(3)15)14(17)10-12/h7-8,10-11,17H,4-6,9,15H2,1-3H3. The predicted octanol–water partition coefficient (Wildman–Crippen LogP) is 3.04. The molecule has 0 amide bonds. The minimum atomic E-state index is -0.130. The summed E-state index contributed by atoms with van der Waals surface area (Å²) < 4.78 is 0. The maximum absolute atomic E-state index is 9.92. The first-order chi connectivity index (χ1) is 8.10. The van der Waals surface area contributed by atoms with Crippen LogP contribution in [0.5, 0.6) is 5.75 Å². The van der Waals surface area contributed by atoms with Crippen molar-refractivity contribution in [1.82, 2.24) is 0 Å². The number of phenolic OH excluding ortho intramolecular Hbond substituents is 1. The van der Waals surface area contributed by atoms with Crippen molar-refractivity contribution in [1.29, 1.82) is 0 Å². The van der Waals surface area contributed by atoms with Crippen molar-refractivity contribution < 1.29 is 5.11 Å². The second-order valence-electron chi connectivity index (χ2n) is 4.47. The van der Waals surface area contributed by atoms with Crippen molar-refractivity contribution in [3.8, 4) is 5.75 Å². The average molecular weight is 236 g/mol. The van der Waals surface area contributed by atoms with Gasteiger partial charge in [-0.15, -0.1) is 0 Å². The lowest BCUT2D eigenvalue weighted by Crippen LogP contribution is -2.23. The summed E-state index contributed by atoms with van der Waals surface area (Å²) in [5.74, 6) is 0.299. The summed E-state index contributed by atoms with van der Waals surface area (Å²) in [5, 5.41) is 9.92. The van der Waals surface area contributed by atoms with Gasteiger partial charge in [-0.05, 0) is 26.3 Å². The molecule has 0 aromatic heterocycles. The van der Waals surface area contributed by atoms with Gasteiger partial charge in [-0.3, -0.25) is 0 Å². The lowest BCUT2D eigenvalue weighted by molar-refractivity contribution is 0.463. The van der Waals surface area contributed by atoms with Crippen molar-refractivity contribution in [2.45, 2.75) is 39.7 Å². The molecule has 0 spiro atoms. The van der Waals surface area contributed by atoms with Crippen molar-refractivity contribution in [2.24, 2.45) is 5.73 Å². The van der Waals surface area contributed by atoms with Crippen LogP contribution in [-0.4, -0.2) is 18.2 Å². The van der Waals surface area contributed by atoms with Crippen LogP contribution in [0, 0.1) is 0 Å². The second-order valence-corrected chi connectivity index (χ2v) is 4.47. The van der Waals surface area contributed by atoms with Gasteiger partial charge in [0, 0.05) is 36.4 Å². The van der Waals surface area contributed by atoms with Gasteiger partial charge in [-0.1, -0.05) is 19.4 Å². The maximum atomic E-state index is 9.92. The number of unbranched alkanes of at least 4 members (excludes halogenated alkanes) is 1. The van der Waals surface area contributed by atoms with Crippen LogP contribution in [0.4, 0.5) is 5.69 Å². The Kier molecular flexibility index (Phi) is 5.29. The number of benzene rings is 1. The molecular weight excluding hydrogens is 212 g/mol. The molecule has 1 atom stereocenters. The van der Waals surface area contributed by atoms with E-state index in [1.165, 1.54) is 12.8 Å². The molecule has 1 aromatic rings. The predicted molar refractivity (Wildman–Crippen MR) is 73.5 cm³/mol. The van der Waals surface area contributed by atoms with Gasteiger partial charge in [-0.2, -0.15) is 0 Å². The normalized spacial score (nSPS) is 12.5. The number of nitrogens with zero attached hydrogens (tertiary/aromatic N) is 1. The number of hydrogen-bond acceptors (Lipinski definition) is 3. The average Bonchev–Trinajstić information content (AvgIpc) is 2.29. The van der Waals surface area contributed by atoms with Gasteiger partial charge < -0.3 is 15.7 Å². The van der Waals surface area contributed by atoms with Gasteiger partial charge in [0.05, 0.1) is 0 Å². The third-order valence-corrected chi connectivity index (χ3v) is 3.03. The molecule has 0 saturated heterocycles. The molecule has 0 radical (unpaired) electrons. The van der Waals surface area contributed by atoms with Crippen LogP contribution in [0.25, 0.3) is 0 Å². The monoisotopic (exact) mass is 236 g/mol. The molecular formula is C14H24N2O. The summed E-state index contributed by atoms with van der Waals surface area (Å²) >= 11 is 0. The van der Waals surface area contributed by atoms with Gasteiger partial charge in [0.2, 0.25) is 0 Å². The second kappa shape index (κ2) is 6.50. The highest BCUT2D eigenvalue weighted by Crippen LogP contribution is 2.28. The third kappa shape index (κ3) is 3.63. The zero-order valence-electron chi connectivity index (χ0n) is 11.1.